The molecule has 1 saturated carbocycles. The van der Waals surface area contributed by atoms with Crippen LogP contribution in [0.2, 0.25) is 5.28 Å². The molecular formula is C11H14ClN3O2S. The topological polar surface area (TPSA) is 81.1 Å². The van der Waals surface area contributed by atoms with Gasteiger partial charge in [0.25, 0.3) is 0 Å². The quantitative estimate of drug-likeness (QED) is 0.644. The van der Waals surface area contributed by atoms with E-state index in [-0.39, 0.29) is 11.1 Å². The Morgan fingerprint density at radius 1 is 1.56 bits per heavy atom. The predicted octanol–water partition coefficient (Wildman–Crippen LogP) is 1.12. The first-order chi connectivity index (χ1) is 9.32. The van der Waals surface area contributed by atoms with E-state index in [0.29, 0.717) is 35.6 Å². The first-order valence-corrected chi connectivity index (χ1v) is 7.47. The number of hydrogen-bond acceptors (Lipinski definition) is 5. The van der Waals surface area contributed by atoms with E-state index in [9.17, 15) is 9.66 Å². The zero-order chi connectivity index (χ0) is 14.5. The number of aliphatic hydroxyl groups is 1. The Morgan fingerprint density at radius 2 is 2.33 bits per heavy atom. The molecule has 98 valence electrons. The maximum Gasteiger partial charge on any atom is 0.224 e. The van der Waals surface area contributed by atoms with Gasteiger partial charge in [0.2, 0.25) is 10.2 Å². The highest BCUT2D eigenvalue weighted by atomic mass is 35.5. The minimum Gasteiger partial charge on any atom is -0.611 e. The molecule has 1 fully saturated rings. The summed E-state index contributed by atoms with van der Waals surface area (Å²) in [5.74, 6) is 0.756. The van der Waals surface area contributed by atoms with E-state index >= 15 is 0 Å². The third kappa shape index (κ3) is 1.97. The van der Waals surface area contributed by atoms with Crippen LogP contribution >= 0.6 is 11.6 Å². The van der Waals surface area contributed by atoms with Crippen LogP contribution in [0.15, 0.2) is 4.90 Å². The molecule has 5 nitrogen and oxygen atoms in total. The lowest BCUT2D eigenvalue weighted by Gasteiger charge is -2.41. The average molecular weight is 290 g/mol. The van der Waals surface area contributed by atoms with Crippen molar-refractivity contribution in [2.45, 2.75) is 36.1 Å². The summed E-state index contributed by atoms with van der Waals surface area (Å²) >= 11 is 4.66. The molecule has 2 N–H and O–H groups in total. The summed E-state index contributed by atoms with van der Waals surface area (Å²) in [6, 6.07) is 0. The van der Waals surface area contributed by atoms with Crippen LogP contribution in [0, 0.1) is 0 Å². The number of anilines is 1. The monoisotopic (exact) mass is 289 g/mol. The Labute approximate surface area is 116 Å². The van der Waals surface area contributed by atoms with Crippen molar-refractivity contribution in [3.05, 3.63) is 11.0 Å². The van der Waals surface area contributed by atoms with E-state index in [2.05, 4.69) is 15.3 Å². The molecule has 1 aromatic rings. The third-order valence-electron chi connectivity index (χ3n) is 3.44. The van der Waals surface area contributed by atoms with Gasteiger partial charge in [0.1, 0.15) is 11.4 Å². The lowest BCUT2D eigenvalue weighted by molar-refractivity contribution is 0.143. The van der Waals surface area contributed by atoms with Crippen LogP contribution in [0.1, 0.15) is 27.7 Å². The van der Waals surface area contributed by atoms with Gasteiger partial charge in [0, 0.05) is 6.42 Å². The molecule has 0 bridgehead atoms. The molecule has 0 aromatic carbocycles. The summed E-state index contributed by atoms with van der Waals surface area (Å²) in [5, 5.41) is 12.7. The van der Waals surface area contributed by atoms with Crippen LogP contribution in [0.25, 0.3) is 0 Å². The summed E-state index contributed by atoms with van der Waals surface area (Å²) in [7, 11) is 0. The number of nitrogens with zero attached hydrogens (tertiary/aromatic N) is 2. The molecule has 1 aliphatic carbocycles. The minimum absolute atomic E-state index is 0.0399. The van der Waals surface area contributed by atoms with Crippen LogP contribution in [0.4, 0.5) is 5.82 Å². The van der Waals surface area contributed by atoms with Gasteiger partial charge in [0.05, 0.1) is 14.8 Å². The molecule has 0 spiro atoms. The predicted molar refractivity (Wildman–Crippen MR) is 69.3 cm³/mol. The van der Waals surface area contributed by atoms with E-state index in [4.69, 9.17) is 14.3 Å². The van der Waals surface area contributed by atoms with Crippen molar-refractivity contribution in [1.29, 1.82) is 0 Å². The van der Waals surface area contributed by atoms with Gasteiger partial charge in [0.15, 0.2) is 5.82 Å². The van der Waals surface area contributed by atoms with Crippen LogP contribution in [0.5, 0.6) is 0 Å². The van der Waals surface area contributed by atoms with Gasteiger partial charge in [-0.15, -0.1) is 0 Å². The number of fused-ring (bicyclic) bond motifs is 1. The Morgan fingerprint density at radius 3 is 2.94 bits per heavy atom. The number of aryl methyl sites for hydroxylation is 1. The molecule has 0 saturated heterocycles. The Hall–Kier alpha value is -0.560. The van der Waals surface area contributed by atoms with Crippen molar-refractivity contribution in [3.8, 4) is 0 Å². The summed E-state index contributed by atoms with van der Waals surface area (Å²) in [4.78, 5) is 8.60. The fourth-order valence-corrected chi connectivity index (χ4v) is 3.77. The summed E-state index contributed by atoms with van der Waals surface area (Å²) in [5.41, 5.74) is -0.454. The van der Waals surface area contributed by atoms with Gasteiger partial charge in [-0.1, -0.05) is 0 Å². The molecule has 3 rings (SSSR count). The molecule has 1 atom stereocenters. The van der Waals surface area contributed by atoms with Gasteiger partial charge in [-0.05, 0) is 42.0 Å². The SMILES string of the molecule is [2H]C([2H])(O)C1(Nc2nc(Cl)nc3c2[S@+]([O-])CC3)CCC1. The van der Waals surface area contributed by atoms with E-state index in [1.165, 1.54) is 0 Å². The number of hydrogen-bond donors (Lipinski definition) is 2. The van der Waals surface area contributed by atoms with Crippen LogP contribution in [0.3, 0.4) is 0 Å². The highest BCUT2D eigenvalue weighted by Crippen LogP contribution is 2.38. The number of rotatable bonds is 3. The van der Waals surface area contributed by atoms with Crippen LogP contribution in [-0.4, -0.2) is 37.5 Å². The third-order valence-corrected chi connectivity index (χ3v) is 5.07. The van der Waals surface area contributed by atoms with E-state index in [1.54, 1.807) is 0 Å². The highest BCUT2D eigenvalue weighted by Gasteiger charge is 2.40. The van der Waals surface area contributed by atoms with Crippen molar-refractivity contribution < 1.29 is 12.4 Å². The molecule has 1 aromatic heterocycles. The standard InChI is InChI=1S/C11H14ClN3O2S/c12-10-13-7-2-5-18(17)8(7)9(14-10)15-11(6-16)3-1-4-11/h16H,1-6H2,(H,13,14,15)/t18-/m1/s1/i6D2. The molecule has 2 heterocycles. The van der Waals surface area contributed by atoms with Crippen LogP contribution < -0.4 is 5.32 Å². The average Bonchev–Trinajstić information content (AvgIpc) is 2.63. The zero-order valence-corrected chi connectivity index (χ0v) is 11.1. The molecule has 2 aliphatic rings. The fourth-order valence-electron chi connectivity index (χ4n) is 2.27. The van der Waals surface area contributed by atoms with Gasteiger partial charge in [-0.2, -0.15) is 4.98 Å². The van der Waals surface area contributed by atoms with E-state index < -0.39 is 23.3 Å². The minimum atomic E-state index is -2.38. The van der Waals surface area contributed by atoms with Gasteiger partial charge in [-0.25, -0.2) is 4.98 Å². The summed E-state index contributed by atoms with van der Waals surface area (Å²) in [6.45, 7) is -2.38. The molecule has 1 aliphatic heterocycles. The lowest BCUT2D eigenvalue weighted by atomic mass is 9.77. The molecule has 18 heavy (non-hydrogen) atoms. The smallest absolute Gasteiger partial charge is 0.224 e. The lowest BCUT2D eigenvalue weighted by Crippen LogP contribution is -2.48. The molecule has 7 heteroatoms. The first-order valence-electron chi connectivity index (χ1n) is 6.78. The fraction of sp³-hybridized carbons (Fsp3) is 0.636. The second-order valence-corrected chi connectivity index (χ2v) is 6.43. The maximum absolute atomic E-state index is 12.0. The molecule has 0 unspecified atom stereocenters. The van der Waals surface area contributed by atoms with E-state index in [0.717, 1.165) is 6.42 Å². The Kier molecular flexibility index (Phi) is 2.58. The Bertz CT molecular complexity index is 551. The normalized spacial score (nSPS) is 26.9. The van der Waals surface area contributed by atoms with Crippen molar-refractivity contribution in [1.82, 2.24) is 9.97 Å². The number of aromatic nitrogens is 2. The van der Waals surface area contributed by atoms with E-state index in [1.807, 2.05) is 0 Å². The van der Waals surface area contributed by atoms with Gasteiger partial charge in [-0.3, -0.25) is 0 Å². The van der Waals surface area contributed by atoms with Crippen molar-refractivity contribution >= 4 is 28.6 Å². The highest BCUT2D eigenvalue weighted by molar-refractivity contribution is 7.91. The number of nitrogens with one attached hydrogen (secondary N) is 1. The Balaban J connectivity index is 1.99. The molecular weight excluding hydrogens is 274 g/mol. The first kappa shape index (κ1) is 10.3. The number of halogens is 1. The zero-order valence-electron chi connectivity index (χ0n) is 11.6. The molecule has 0 radical (unpaired) electrons. The largest absolute Gasteiger partial charge is 0.611 e. The van der Waals surface area contributed by atoms with Crippen molar-refractivity contribution in [2.24, 2.45) is 0 Å². The van der Waals surface area contributed by atoms with Gasteiger partial charge >= 0.3 is 0 Å². The second-order valence-electron chi connectivity index (χ2n) is 4.59. The van der Waals surface area contributed by atoms with Crippen molar-refractivity contribution in [3.63, 3.8) is 0 Å². The van der Waals surface area contributed by atoms with Crippen LogP contribution in [-0.2, 0) is 17.6 Å². The summed E-state index contributed by atoms with van der Waals surface area (Å²) < 4.78 is 27.2. The molecule has 0 amide bonds. The van der Waals surface area contributed by atoms with Gasteiger partial charge < -0.3 is 15.0 Å². The maximum atomic E-state index is 12.0. The second kappa shape index (κ2) is 4.52. The summed E-state index contributed by atoms with van der Waals surface area (Å²) in [6.07, 6.45) is 2.36. The van der Waals surface area contributed by atoms with Crippen molar-refractivity contribution in [2.75, 3.05) is 17.6 Å².